The van der Waals surface area contributed by atoms with Gasteiger partial charge in [-0.25, -0.2) is 0 Å². The van der Waals surface area contributed by atoms with Crippen molar-refractivity contribution in [2.45, 2.75) is 6.04 Å². The van der Waals surface area contributed by atoms with E-state index in [1.54, 1.807) is 0 Å². The number of nitrogens with two attached hydrogens (primary N) is 1. The van der Waals surface area contributed by atoms with E-state index in [9.17, 15) is 0 Å². The molecule has 0 aliphatic carbocycles. The fraction of sp³-hybridized carbons (Fsp3) is 0.667. The average Bonchev–Trinajstić information content (AvgIpc) is 1.38. The number of aliphatic hydroxyl groups is 1. The molecular formula is C3H8NO. The Morgan fingerprint density at radius 2 is 2.20 bits per heavy atom. The zero-order chi connectivity index (χ0) is 4.28. The second-order valence-corrected chi connectivity index (χ2v) is 0.943. The van der Waals surface area contributed by atoms with Gasteiger partial charge in [0.15, 0.2) is 0 Å². The standard InChI is InChI=1S/C3H8NO/c1-3(4)2-5/h3,5H,1-2,4H2/t3-/m0/s1. The molecule has 1 atom stereocenters. The van der Waals surface area contributed by atoms with Gasteiger partial charge in [0, 0.05) is 6.04 Å². The number of rotatable bonds is 1. The molecule has 0 aliphatic heterocycles. The summed E-state index contributed by atoms with van der Waals surface area (Å²) in [5.41, 5.74) is 4.93. The lowest BCUT2D eigenvalue weighted by Gasteiger charge is -1.91. The van der Waals surface area contributed by atoms with E-state index in [4.69, 9.17) is 10.8 Å². The van der Waals surface area contributed by atoms with Crippen LogP contribution in [0.1, 0.15) is 0 Å². The SMILES string of the molecule is [CH2][C@H](N)CO. The van der Waals surface area contributed by atoms with Gasteiger partial charge in [0.2, 0.25) is 0 Å². The first-order chi connectivity index (χ1) is 2.27. The van der Waals surface area contributed by atoms with Crippen molar-refractivity contribution in [1.29, 1.82) is 0 Å². The minimum absolute atomic E-state index is 0.0278. The molecule has 0 heterocycles. The van der Waals surface area contributed by atoms with Crippen LogP contribution in [0, 0.1) is 6.92 Å². The average molecular weight is 74.1 g/mol. The molecule has 0 saturated heterocycles. The maximum absolute atomic E-state index is 7.96. The quantitative estimate of drug-likeness (QED) is 0.425. The van der Waals surface area contributed by atoms with Crippen molar-refractivity contribution < 1.29 is 5.11 Å². The van der Waals surface area contributed by atoms with Gasteiger partial charge in [0.05, 0.1) is 6.61 Å². The zero-order valence-electron chi connectivity index (χ0n) is 3.02. The smallest absolute Gasteiger partial charge is 0.0582 e. The van der Waals surface area contributed by atoms with Crippen LogP contribution < -0.4 is 5.73 Å². The molecule has 0 aliphatic rings. The zero-order valence-corrected chi connectivity index (χ0v) is 3.02. The summed E-state index contributed by atoms with van der Waals surface area (Å²) in [7, 11) is 0. The summed E-state index contributed by atoms with van der Waals surface area (Å²) in [5.74, 6) is 0. The molecule has 2 nitrogen and oxygen atoms in total. The van der Waals surface area contributed by atoms with E-state index in [2.05, 4.69) is 6.92 Å². The van der Waals surface area contributed by atoms with Crippen LogP contribution in [0.5, 0.6) is 0 Å². The van der Waals surface area contributed by atoms with E-state index in [0.29, 0.717) is 0 Å². The predicted octanol–water partition coefficient (Wildman–Crippen LogP) is -0.860. The highest BCUT2D eigenvalue weighted by Gasteiger charge is 1.81. The van der Waals surface area contributed by atoms with Gasteiger partial charge in [-0.05, 0) is 6.92 Å². The van der Waals surface area contributed by atoms with Crippen molar-refractivity contribution in [1.82, 2.24) is 0 Å². The van der Waals surface area contributed by atoms with Crippen LogP contribution in [0.15, 0.2) is 0 Å². The summed E-state index contributed by atoms with van der Waals surface area (Å²) in [4.78, 5) is 0. The van der Waals surface area contributed by atoms with E-state index >= 15 is 0 Å². The molecule has 0 aromatic heterocycles. The maximum atomic E-state index is 7.96. The van der Waals surface area contributed by atoms with Crippen LogP contribution in [-0.2, 0) is 0 Å². The van der Waals surface area contributed by atoms with Crippen molar-refractivity contribution in [2.75, 3.05) is 6.61 Å². The van der Waals surface area contributed by atoms with Gasteiger partial charge in [0.25, 0.3) is 0 Å². The van der Waals surface area contributed by atoms with E-state index in [1.807, 2.05) is 0 Å². The van der Waals surface area contributed by atoms with Crippen LogP contribution in [0.4, 0.5) is 0 Å². The lowest BCUT2D eigenvalue weighted by molar-refractivity contribution is 0.283. The number of hydrogen-bond acceptors (Lipinski definition) is 2. The van der Waals surface area contributed by atoms with Gasteiger partial charge < -0.3 is 10.8 Å². The first-order valence-electron chi connectivity index (χ1n) is 1.47. The minimum atomic E-state index is -0.310. The summed E-state index contributed by atoms with van der Waals surface area (Å²) in [6, 6.07) is -0.310. The number of aliphatic hydroxyl groups excluding tert-OH is 1. The molecule has 0 amide bonds. The highest BCUT2D eigenvalue weighted by molar-refractivity contribution is 4.57. The molecule has 0 spiro atoms. The molecule has 0 saturated carbocycles. The second kappa shape index (κ2) is 2.18. The molecule has 0 unspecified atom stereocenters. The van der Waals surface area contributed by atoms with Crippen molar-refractivity contribution in [3.63, 3.8) is 0 Å². The highest BCUT2D eigenvalue weighted by atomic mass is 16.3. The van der Waals surface area contributed by atoms with E-state index < -0.39 is 0 Å². The van der Waals surface area contributed by atoms with Crippen LogP contribution in [0.2, 0.25) is 0 Å². The molecule has 31 valence electrons. The van der Waals surface area contributed by atoms with E-state index in [-0.39, 0.29) is 12.6 Å². The molecule has 0 aromatic rings. The summed E-state index contributed by atoms with van der Waals surface area (Å²) >= 11 is 0. The summed E-state index contributed by atoms with van der Waals surface area (Å²) in [5, 5.41) is 7.96. The van der Waals surface area contributed by atoms with Crippen LogP contribution in [0.25, 0.3) is 0 Å². The lowest BCUT2D eigenvalue weighted by atomic mass is 10.4. The number of hydrogen-bond donors (Lipinski definition) is 2. The van der Waals surface area contributed by atoms with Gasteiger partial charge in [-0.2, -0.15) is 0 Å². The third-order valence-electron chi connectivity index (χ3n) is 0.235. The molecule has 0 rings (SSSR count). The first kappa shape index (κ1) is 4.92. The molecule has 0 aromatic carbocycles. The molecule has 0 bridgehead atoms. The summed E-state index contributed by atoms with van der Waals surface area (Å²) in [6.07, 6.45) is 0. The van der Waals surface area contributed by atoms with Crippen LogP contribution >= 0.6 is 0 Å². The van der Waals surface area contributed by atoms with Crippen LogP contribution in [-0.4, -0.2) is 17.8 Å². The van der Waals surface area contributed by atoms with Gasteiger partial charge in [-0.3, -0.25) is 0 Å². The summed E-state index contributed by atoms with van der Waals surface area (Å²) in [6.45, 7) is 3.26. The largest absolute Gasteiger partial charge is 0.395 e. The molecule has 5 heavy (non-hydrogen) atoms. The Hall–Kier alpha value is -0.0800. The Morgan fingerprint density at radius 3 is 2.20 bits per heavy atom. The Morgan fingerprint density at radius 1 is 2.00 bits per heavy atom. The monoisotopic (exact) mass is 74.1 g/mol. The Kier molecular flexibility index (Phi) is 2.14. The van der Waals surface area contributed by atoms with Crippen LogP contribution in [0.3, 0.4) is 0 Å². The molecule has 2 heteroatoms. The third-order valence-corrected chi connectivity index (χ3v) is 0.235. The molecular weight excluding hydrogens is 66.0 g/mol. The normalized spacial score (nSPS) is 15.0. The molecule has 1 radical (unpaired) electrons. The minimum Gasteiger partial charge on any atom is -0.395 e. The second-order valence-electron chi connectivity index (χ2n) is 0.943. The highest BCUT2D eigenvalue weighted by Crippen LogP contribution is 1.61. The van der Waals surface area contributed by atoms with E-state index in [0.717, 1.165) is 0 Å². The predicted molar refractivity (Wildman–Crippen MR) is 20.4 cm³/mol. The molecule has 0 fully saturated rings. The molecule has 3 N–H and O–H groups in total. The fourth-order valence-corrected chi connectivity index (χ4v) is 0. The topological polar surface area (TPSA) is 46.2 Å². The Labute approximate surface area is 31.6 Å². The van der Waals surface area contributed by atoms with Crippen molar-refractivity contribution in [3.8, 4) is 0 Å². The Balaban J connectivity index is 2.54. The van der Waals surface area contributed by atoms with Crippen molar-refractivity contribution in [3.05, 3.63) is 6.92 Å². The van der Waals surface area contributed by atoms with Crippen molar-refractivity contribution >= 4 is 0 Å². The van der Waals surface area contributed by atoms with Gasteiger partial charge in [0.1, 0.15) is 0 Å². The van der Waals surface area contributed by atoms with Gasteiger partial charge in [-0.15, -0.1) is 0 Å². The van der Waals surface area contributed by atoms with Gasteiger partial charge >= 0.3 is 0 Å². The van der Waals surface area contributed by atoms with E-state index in [1.165, 1.54) is 0 Å². The Bertz CT molecular complexity index is 20.9. The summed E-state index contributed by atoms with van der Waals surface area (Å²) < 4.78 is 0. The van der Waals surface area contributed by atoms with Gasteiger partial charge in [-0.1, -0.05) is 0 Å². The fourth-order valence-electron chi connectivity index (χ4n) is 0. The van der Waals surface area contributed by atoms with Crippen molar-refractivity contribution in [2.24, 2.45) is 5.73 Å². The maximum Gasteiger partial charge on any atom is 0.0582 e. The lowest BCUT2D eigenvalue weighted by Crippen LogP contribution is -2.19. The first-order valence-corrected chi connectivity index (χ1v) is 1.47. The third kappa shape index (κ3) is 3.92.